The fraction of sp³-hybridized carbons (Fsp3) is 0.615. The highest BCUT2D eigenvalue weighted by molar-refractivity contribution is 5.39. The van der Waals surface area contributed by atoms with Crippen molar-refractivity contribution in [2.24, 2.45) is 5.41 Å². The van der Waals surface area contributed by atoms with Gasteiger partial charge >= 0.3 is 0 Å². The molecule has 0 aliphatic rings. The number of rotatable bonds is 3. The summed E-state index contributed by atoms with van der Waals surface area (Å²) in [6.45, 7) is 16.0. The van der Waals surface area contributed by atoms with E-state index in [4.69, 9.17) is 5.26 Å². The summed E-state index contributed by atoms with van der Waals surface area (Å²) in [6.07, 6.45) is 3.03. The van der Waals surface area contributed by atoms with Crippen LogP contribution in [0, 0.1) is 16.7 Å². The topological polar surface area (TPSA) is 23.8 Å². The van der Waals surface area contributed by atoms with E-state index >= 15 is 0 Å². The van der Waals surface area contributed by atoms with Gasteiger partial charge in [-0.1, -0.05) is 47.3 Å². The van der Waals surface area contributed by atoms with Crippen LogP contribution in [0.15, 0.2) is 23.8 Å². The molecule has 0 N–H and O–H groups in total. The Hall–Kier alpha value is -1.03. The zero-order valence-corrected chi connectivity index (χ0v) is 10.4. The van der Waals surface area contributed by atoms with Crippen LogP contribution in [0.3, 0.4) is 0 Å². The molecule has 0 bridgehead atoms. The summed E-state index contributed by atoms with van der Waals surface area (Å²) in [6, 6.07) is 2.15. The Kier molecular flexibility index (Phi) is 8.14. The lowest BCUT2D eigenvalue weighted by molar-refractivity contribution is 0.460. The van der Waals surface area contributed by atoms with Gasteiger partial charge in [0, 0.05) is 0 Å². The van der Waals surface area contributed by atoms with Gasteiger partial charge in [0.05, 0.1) is 11.6 Å². The van der Waals surface area contributed by atoms with Gasteiger partial charge in [0.2, 0.25) is 0 Å². The number of hydrogen-bond acceptors (Lipinski definition) is 1. The lowest BCUT2D eigenvalue weighted by Gasteiger charge is -2.17. The van der Waals surface area contributed by atoms with E-state index in [-0.39, 0.29) is 5.41 Å². The Labute approximate surface area is 89.1 Å². The van der Waals surface area contributed by atoms with Gasteiger partial charge in [-0.2, -0.15) is 5.26 Å². The molecule has 80 valence electrons. The lowest BCUT2D eigenvalue weighted by atomic mass is 9.87. The highest BCUT2D eigenvalue weighted by Crippen LogP contribution is 2.24. The molecule has 0 aliphatic heterocycles. The van der Waals surface area contributed by atoms with Gasteiger partial charge in [-0.25, -0.2) is 0 Å². The van der Waals surface area contributed by atoms with Crippen molar-refractivity contribution in [3.63, 3.8) is 0 Å². The van der Waals surface area contributed by atoms with Crippen LogP contribution in [0.25, 0.3) is 0 Å². The lowest BCUT2D eigenvalue weighted by Crippen LogP contribution is -2.06. The van der Waals surface area contributed by atoms with Crippen LogP contribution >= 0.6 is 0 Å². The van der Waals surface area contributed by atoms with Gasteiger partial charge in [0.1, 0.15) is 0 Å². The van der Waals surface area contributed by atoms with Crippen molar-refractivity contribution >= 4 is 0 Å². The van der Waals surface area contributed by atoms with Crippen molar-refractivity contribution in [1.82, 2.24) is 0 Å². The van der Waals surface area contributed by atoms with Crippen LogP contribution < -0.4 is 0 Å². The molecule has 0 amide bonds. The molecule has 0 saturated carbocycles. The minimum Gasteiger partial charge on any atom is -0.192 e. The van der Waals surface area contributed by atoms with E-state index in [9.17, 15) is 0 Å². The number of hydrogen-bond donors (Lipinski definition) is 0. The second kappa shape index (κ2) is 7.38. The predicted molar refractivity (Wildman–Crippen MR) is 63.9 cm³/mol. The molecule has 0 aromatic rings. The van der Waals surface area contributed by atoms with Gasteiger partial charge in [0.15, 0.2) is 0 Å². The summed E-state index contributed by atoms with van der Waals surface area (Å²) in [7, 11) is 0. The van der Waals surface area contributed by atoms with E-state index in [2.05, 4.69) is 33.4 Å². The largest absolute Gasteiger partial charge is 0.192 e. The van der Waals surface area contributed by atoms with Gasteiger partial charge < -0.3 is 0 Å². The van der Waals surface area contributed by atoms with Crippen molar-refractivity contribution in [2.75, 3.05) is 0 Å². The summed E-state index contributed by atoms with van der Waals surface area (Å²) in [5.41, 5.74) is 1.66. The molecule has 1 heteroatoms. The molecule has 0 radical (unpaired) electrons. The molecule has 0 aliphatic carbocycles. The van der Waals surface area contributed by atoms with Crippen LogP contribution in [0.4, 0.5) is 0 Å². The van der Waals surface area contributed by atoms with Crippen LogP contribution in [-0.2, 0) is 0 Å². The standard InChI is InChI=1S/C11H17N.C2H6/c1-6-11(4,5)7-10(8-12)9(2)3;1-2/h7H,2,6H2,1,3-5H3;1-2H3/b10-7+;. The highest BCUT2D eigenvalue weighted by Gasteiger charge is 2.12. The molecule has 0 fully saturated rings. The molecule has 14 heavy (non-hydrogen) atoms. The highest BCUT2D eigenvalue weighted by atomic mass is 14.3. The van der Waals surface area contributed by atoms with E-state index in [0.717, 1.165) is 12.0 Å². The molecular formula is C13H23N. The third-order valence-corrected chi connectivity index (χ3v) is 2.03. The maximum Gasteiger partial charge on any atom is 0.0991 e. The maximum atomic E-state index is 8.78. The molecule has 0 unspecified atom stereocenters. The first-order chi connectivity index (χ1) is 6.43. The summed E-state index contributed by atoms with van der Waals surface area (Å²) < 4.78 is 0. The van der Waals surface area contributed by atoms with Crippen molar-refractivity contribution < 1.29 is 0 Å². The van der Waals surface area contributed by atoms with Crippen molar-refractivity contribution in [1.29, 1.82) is 5.26 Å². The van der Waals surface area contributed by atoms with Crippen molar-refractivity contribution in [3.8, 4) is 6.07 Å². The molecule has 0 atom stereocenters. The van der Waals surface area contributed by atoms with Gasteiger partial charge in [-0.15, -0.1) is 0 Å². The molecule has 0 saturated heterocycles. The summed E-state index contributed by atoms with van der Waals surface area (Å²) >= 11 is 0. The normalized spacial score (nSPS) is 11.1. The molecule has 0 heterocycles. The molecule has 0 rings (SSSR count). The van der Waals surface area contributed by atoms with Gasteiger partial charge in [-0.3, -0.25) is 0 Å². The van der Waals surface area contributed by atoms with E-state index in [1.54, 1.807) is 0 Å². The maximum absolute atomic E-state index is 8.78. The fourth-order valence-electron chi connectivity index (χ4n) is 0.744. The summed E-state index contributed by atoms with van der Waals surface area (Å²) in [5.74, 6) is 0. The first kappa shape index (κ1) is 15.4. The molecule has 0 spiro atoms. The first-order valence-electron chi connectivity index (χ1n) is 5.22. The molecule has 0 aromatic heterocycles. The number of nitriles is 1. The minimum absolute atomic E-state index is 0.101. The van der Waals surface area contributed by atoms with Crippen LogP contribution in [0.1, 0.15) is 48.0 Å². The van der Waals surface area contributed by atoms with Crippen LogP contribution in [0.5, 0.6) is 0 Å². The zero-order valence-electron chi connectivity index (χ0n) is 10.4. The Bertz CT molecular complexity index is 238. The number of allylic oxidation sites excluding steroid dienone is 3. The van der Waals surface area contributed by atoms with E-state index in [0.29, 0.717) is 5.57 Å². The Morgan fingerprint density at radius 3 is 2.07 bits per heavy atom. The predicted octanol–water partition coefficient (Wildman–Crippen LogP) is 4.47. The molecule has 1 nitrogen and oxygen atoms in total. The van der Waals surface area contributed by atoms with Crippen LogP contribution in [0.2, 0.25) is 0 Å². The quantitative estimate of drug-likeness (QED) is 0.479. The second-order valence-electron chi connectivity index (χ2n) is 3.79. The monoisotopic (exact) mass is 193 g/mol. The SMILES string of the molecule is C=C(C)/C(C#N)=C/C(C)(C)CC.CC. The van der Waals surface area contributed by atoms with E-state index in [1.165, 1.54) is 0 Å². The smallest absolute Gasteiger partial charge is 0.0991 e. The number of nitrogens with zero attached hydrogens (tertiary/aromatic N) is 1. The van der Waals surface area contributed by atoms with Crippen LogP contribution in [-0.4, -0.2) is 0 Å². The van der Waals surface area contributed by atoms with Crippen molar-refractivity contribution in [3.05, 3.63) is 23.8 Å². The second-order valence-corrected chi connectivity index (χ2v) is 3.79. The zero-order chi connectivity index (χ0) is 11.8. The van der Waals surface area contributed by atoms with E-state index < -0.39 is 0 Å². The van der Waals surface area contributed by atoms with E-state index in [1.807, 2.05) is 26.8 Å². The average molecular weight is 193 g/mol. The third kappa shape index (κ3) is 6.48. The van der Waals surface area contributed by atoms with Gasteiger partial charge in [-0.05, 0) is 24.3 Å². The van der Waals surface area contributed by atoms with Crippen molar-refractivity contribution in [2.45, 2.75) is 48.0 Å². The molecule has 0 aromatic carbocycles. The third-order valence-electron chi connectivity index (χ3n) is 2.03. The van der Waals surface area contributed by atoms with Gasteiger partial charge in [0.25, 0.3) is 0 Å². The minimum atomic E-state index is 0.101. The Morgan fingerprint density at radius 1 is 1.43 bits per heavy atom. The first-order valence-corrected chi connectivity index (χ1v) is 5.22. The fourth-order valence-corrected chi connectivity index (χ4v) is 0.744. The summed E-state index contributed by atoms with van der Waals surface area (Å²) in [5, 5.41) is 8.78. The summed E-state index contributed by atoms with van der Waals surface area (Å²) in [4.78, 5) is 0. The average Bonchev–Trinajstić information content (AvgIpc) is 2.17. The Balaban J connectivity index is 0. The Morgan fingerprint density at radius 2 is 1.86 bits per heavy atom. The molecular weight excluding hydrogens is 170 g/mol.